The van der Waals surface area contributed by atoms with Crippen molar-refractivity contribution in [3.63, 3.8) is 0 Å². The van der Waals surface area contributed by atoms with Gasteiger partial charge >= 0.3 is 0 Å². The number of hydrogen-bond donors (Lipinski definition) is 0. The number of ether oxygens (including phenoxy) is 1. The standard InChI is InChI=1S/C74H56BN3O2/c1-73(2,3)47-32-38-63-57(40-47)58-41-48(74(4,5)6)33-39-64(58)77(63)50-43-66-69-68(44-50)80-72-60(37-35-56-55-26-15-18-31-67(55)79-71(56)72)75(69)59-36-34-49(76-61-29-16-13-24-53(61)54-25-14-17-30-62(54)76)42-65(59)78(66)70-51(45-20-9-7-10-21-45)27-19-28-52(70)46-22-11-8-12-23-46/h7-44H,1-6H3/i13D,14D,15D,16D,17D,18D,24D,25D,26D,29D,30D,31D. The minimum Gasteiger partial charge on any atom is -0.454 e. The Morgan fingerprint density at radius 2 is 0.988 bits per heavy atom. The summed E-state index contributed by atoms with van der Waals surface area (Å²) in [5, 5.41) is 2.70. The van der Waals surface area contributed by atoms with Gasteiger partial charge in [-0.2, -0.15) is 0 Å². The molecule has 3 aromatic heterocycles. The van der Waals surface area contributed by atoms with Crippen LogP contribution in [0.3, 0.4) is 0 Å². The minimum absolute atomic E-state index is 0.00860. The van der Waals surface area contributed by atoms with Crippen LogP contribution < -0.4 is 26.0 Å². The van der Waals surface area contributed by atoms with Crippen LogP contribution in [0.15, 0.2) is 235 Å². The van der Waals surface area contributed by atoms with E-state index in [0.717, 1.165) is 66.4 Å². The third-order valence-corrected chi connectivity index (χ3v) is 16.5. The Hall–Kier alpha value is -9.52. The summed E-state index contributed by atoms with van der Waals surface area (Å²) in [5.41, 5.74) is 13.0. The summed E-state index contributed by atoms with van der Waals surface area (Å²) in [6, 6.07) is 48.5. The van der Waals surface area contributed by atoms with E-state index >= 15 is 0 Å². The Morgan fingerprint density at radius 1 is 0.438 bits per heavy atom. The minimum atomic E-state index is -0.668. The third kappa shape index (κ3) is 6.84. The summed E-state index contributed by atoms with van der Waals surface area (Å²) in [6.45, 7) is 12.6. The smallest absolute Gasteiger partial charge is 0.256 e. The molecule has 0 fully saturated rings. The zero-order valence-electron chi connectivity index (χ0n) is 56.7. The molecule has 16 rings (SSSR count). The number of nitrogens with zero attached hydrogens (tertiary/aromatic N) is 3. The second-order valence-electron chi connectivity index (χ2n) is 23.2. The van der Waals surface area contributed by atoms with Crippen molar-refractivity contribution >= 4 is 106 Å². The summed E-state index contributed by atoms with van der Waals surface area (Å²) >= 11 is 0. The molecule has 5 heterocycles. The molecule has 80 heavy (non-hydrogen) atoms. The van der Waals surface area contributed by atoms with Crippen LogP contribution in [0.25, 0.3) is 99.2 Å². The molecule has 0 saturated carbocycles. The van der Waals surface area contributed by atoms with Crippen LogP contribution >= 0.6 is 0 Å². The van der Waals surface area contributed by atoms with Crippen molar-refractivity contribution in [2.75, 3.05) is 4.90 Å². The van der Waals surface area contributed by atoms with Crippen molar-refractivity contribution in [1.82, 2.24) is 9.13 Å². The van der Waals surface area contributed by atoms with Gasteiger partial charge in [-0.3, -0.25) is 0 Å². The van der Waals surface area contributed by atoms with E-state index in [9.17, 15) is 6.85 Å². The summed E-state index contributed by atoms with van der Waals surface area (Å²) in [7, 11) is 0. The number of benzene rings is 11. The summed E-state index contributed by atoms with van der Waals surface area (Å²) in [6.07, 6.45) is 0. The molecule has 11 aromatic carbocycles. The Kier molecular flexibility index (Phi) is 7.61. The fraction of sp³-hybridized carbons (Fsp3) is 0.108. The average molecular weight is 1040 g/mol. The zero-order chi connectivity index (χ0) is 64.2. The third-order valence-electron chi connectivity index (χ3n) is 16.5. The van der Waals surface area contributed by atoms with Crippen LogP contribution in [-0.2, 0) is 10.8 Å². The maximum Gasteiger partial charge on any atom is 0.256 e. The maximum atomic E-state index is 9.62. The van der Waals surface area contributed by atoms with Gasteiger partial charge in [-0.25, -0.2) is 0 Å². The number of anilines is 3. The molecular formula is C74H56BN3O2. The first-order valence-corrected chi connectivity index (χ1v) is 27.0. The first-order chi connectivity index (χ1) is 43.9. The highest BCUT2D eigenvalue weighted by Gasteiger charge is 2.45. The van der Waals surface area contributed by atoms with E-state index in [1.54, 1.807) is 4.57 Å². The fourth-order valence-corrected chi connectivity index (χ4v) is 12.6. The van der Waals surface area contributed by atoms with Crippen LogP contribution in [0.5, 0.6) is 11.5 Å². The SMILES string of the molecule is [2H]c1c([2H])c([2H])c2c(oc3c4c(ccc32)B2c3ccc(-n5c6c([2H])c([2H])c([2H])c([2H])c6c6c([2H])c([2H])c([2H])c([2H])c65)cc3N(c3c(-c5ccccc5)cccc3-c3ccccc3)c3cc(-n5c6ccc(C(C)(C)C)cc6c6cc(C(C)(C)C)ccc65)cc(c32)O4)c1[2H]. The topological polar surface area (TPSA) is 35.5 Å². The monoisotopic (exact) mass is 1040 g/mol. The van der Waals surface area contributed by atoms with Crippen LogP contribution in [0.1, 0.15) is 69.1 Å². The Morgan fingerprint density at radius 3 is 1.60 bits per heavy atom. The zero-order valence-corrected chi connectivity index (χ0v) is 44.7. The highest BCUT2D eigenvalue weighted by Crippen LogP contribution is 2.51. The van der Waals surface area contributed by atoms with Crippen LogP contribution in [0, 0.1) is 0 Å². The van der Waals surface area contributed by atoms with Gasteiger partial charge in [0.2, 0.25) is 0 Å². The molecule has 0 saturated heterocycles. The second-order valence-corrected chi connectivity index (χ2v) is 23.2. The highest BCUT2D eigenvalue weighted by molar-refractivity contribution is 6.99. The molecule has 0 bridgehead atoms. The van der Waals surface area contributed by atoms with E-state index in [0.29, 0.717) is 39.4 Å². The van der Waals surface area contributed by atoms with Crippen molar-refractivity contribution in [2.45, 2.75) is 52.4 Å². The second kappa shape index (κ2) is 17.0. The predicted octanol–water partition coefficient (Wildman–Crippen LogP) is 18.1. The van der Waals surface area contributed by atoms with E-state index in [4.69, 9.17) is 18.7 Å². The molecule has 2 aliphatic rings. The normalized spacial score (nSPS) is 15.3. The van der Waals surface area contributed by atoms with E-state index < -0.39 is 67.1 Å². The Balaban J connectivity index is 1.10. The molecular weight excluding hydrogens is 974 g/mol. The van der Waals surface area contributed by atoms with E-state index in [2.05, 4.69) is 136 Å². The van der Waals surface area contributed by atoms with E-state index in [1.807, 2.05) is 72.8 Å². The van der Waals surface area contributed by atoms with Gasteiger partial charge in [0.05, 0.1) is 49.9 Å². The molecule has 14 aromatic rings. The lowest BCUT2D eigenvalue weighted by atomic mass is 9.34. The average Bonchev–Trinajstić information content (AvgIpc) is 1.23. The van der Waals surface area contributed by atoms with Crippen LogP contribution in [0.2, 0.25) is 0 Å². The van der Waals surface area contributed by atoms with Gasteiger partial charge in [-0.1, -0.05) is 205 Å². The largest absolute Gasteiger partial charge is 0.454 e. The lowest BCUT2D eigenvalue weighted by molar-refractivity contribution is 0.481. The van der Waals surface area contributed by atoms with Crippen molar-refractivity contribution in [3.8, 4) is 45.1 Å². The number of furan rings is 1. The van der Waals surface area contributed by atoms with Gasteiger partial charge in [0.1, 0.15) is 11.3 Å². The maximum absolute atomic E-state index is 9.62. The molecule has 382 valence electrons. The van der Waals surface area contributed by atoms with Crippen LogP contribution in [0.4, 0.5) is 17.1 Å². The van der Waals surface area contributed by atoms with Gasteiger partial charge in [-0.05, 0) is 110 Å². The molecule has 2 aliphatic heterocycles. The summed E-state index contributed by atoms with van der Waals surface area (Å²) in [4.78, 5) is 2.25. The lowest BCUT2D eigenvalue weighted by Gasteiger charge is -2.42. The van der Waals surface area contributed by atoms with Gasteiger partial charge in [0, 0.05) is 66.6 Å². The molecule has 0 unspecified atom stereocenters. The van der Waals surface area contributed by atoms with Crippen LogP contribution in [-0.4, -0.2) is 15.8 Å². The van der Waals surface area contributed by atoms with Crippen molar-refractivity contribution < 1.29 is 25.6 Å². The number of hydrogen-bond acceptors (Lipinski definition) is 3. The van der Waals surface area contributed by atoms with Gasteiger partial charge in [0.25, 0.3) is 6.71 Å². The molecule has 0 atom stereocenters. The molecule has 0 N–H and O–H groups in total. The van der Waals surface area contributed by atoms with Crippen molar-refractivity contribution in [1.29, 1.82) is 0 Å². The molecule has 5 nitrogen and oxygen atoms in total. The first kappa shape index (κ1) is 35.8. The Bertz CT molecular complexity index is 5420. The molecule has 0 radical (unpaired) electrons. The van der Waals surface area contributed by atoms with Crippen molar-refractivity contribution in [2.24, 2.45) is 0 Å². The summed E-state index contributed by atoms with van der Waals surface area (Å²) < 4.78 is 128. The van der Waals surface area contributed by atoms with Gasteiger partial charge < -0.3 is 23.2 Å². The van der Waals surface area contributed by atoms with E-state index in [-0.39, 0.29) is 61.3 Å². The lowest BCUT2D eigenvalue weighted by Crippen LogP contribution is -2.59. The first-order valence-electron chi connectivity index (χ1n) is 33.0. The van der Waals surface area contributed by atoms with Gasteiger partial charge in [-0.15, -0.1) is 0 Å². The van der Waals surface area contributed by atoms with Crippen molar-refractivity contribution in [3.05, 3.63) is 241 Å². The highest BCUT2D eigenvalue weighted by atomic mass is 16.5. The molecule has 6 heteroatoms. The fourth-order valence-electron chi connectivity index (χ4n) is 12.6. The number of aromatic nitrogens is 2. The quantitative estimate of drug-likeness (QED) is 0.161. The Labute approximate surface area is 482 Å². The number of fused-ring (bicyclic) bond motifs is 14. The molecule has 0 spiro atoms. The van der Waals surface area contributed by atoms with E-state index in [1.165, 1.54) is 11.1 Å². The molecule has 0 aliphatic carbocycles. The summed E-state index contributed by atoms with van der Waals surface area (Å²) in [5.74, 6) is 0.790. The number of rotatable bonds is 5. The predicted molar refractivity (Wildman–Crippen MR) is 337 cm³/mol. The number of para-hydroxylation sites is 4. The molecule has 0 amide bonds. The van der Waals surface area contributed by atoms with Gasteiger partial charge in [0.15, 0.2) is 11.3 Å².